The van der Waals surface area contributed by atoms with Gasteiger partial charge in [-0.15, -0.1) is 0 Å². The van der Waals surface area contributed by atoms with Crippen LogP contribution in [0.3, 0.4) is 0 Å². The zero-order valence-electron chi connectivity index (χ0n) is 7.74. The molecule has 1 amide bonds. The van der Waals surface area contributed by atoms with Crippen molar-refractivity contribution >= 4 is 5.91 Å². The summed E-state index contributed by atoms with van der Waals surface area (Å²) in [5.41, 5.74) is 0.800. The second-order valence-corrected chi connectivity index (χ2v) is 3.80. The van der Waals surface area contributed by atoms with E-state index in [1.165, 1.54) is 0 Å². The zero-order chi connectivity index (χ0) is 9.19. The monoisotopic (exact) mass is 168 g/mol. The van der Waals surface area contributed by atoms with Gasteiger partial charge in [-0.3, -0.25) is 4.79 Å². The molecule has 3 heteroatoms. The van der Waals surface area contributed by atoms with E-state index in [4.69, 9.17) is 0 Å². The number of hydrogen-bond acceptors (Lipinski definition) is 2. The molecule has 0 saturated carbocycles. The predicted molar refractivity (Wildman–Crippen MR) is 48.8 cm³/mol. The minimum Gasteiger partial charge on any atom is -0.352 e. The van der Waals surface area contributed by atoms with E-state index < -0.39 is 0 Å². The molecule has 2 N–H and O–H groups in total. The van der Waals surface area contributed by atoms with Crippen LogP contribution in [0.2, 0.25) is 0 Å². The van der Waals surface area contributed by atoms with Crippen molar-refractivity contribution in [3.63, 3.8) is 0 Å². The van der Waals surface area contributed by atoms with Crippen molar-refractivity contribution in [3.05, 3.63) is 12.2 Å². The topological polar surface area (TPSA) is 41.1 Å². The largest absolute Gasteiger partial charge is 0.352 e. The lowest BCUT2D eigenvalue weighted by molar-refractivity contribution is -0.132. The lowest BCUT2D eigenvalue weighted by Gasteiger charge is -2.37. The van der Waals surface area contributed by atoms with Crippen LogP contribution < -0.4 is 10.6 Å². The normalized spacial score (nSPS) is 19.5. The molecule has 1 aliphatic rings. The fourth-order valence-electron chi connectivity index (χ4n) is 1.11. The van der Waals surface area contributed by atoms with E-state index in [0.29, 0.717) is 6.54 Å². The summed E-state index contributed by atoms with van der Waals surface area (Å²) in [7, 11) is 0. The van der Waals surface area contributed by atoms with Crippen molar-refractivity contribution in [2.45, 2.75) is 13.8 Å². The van der Waals surface area contributed by atoms with E-state index in [0.717, 1.165) is 18.7 Å². The van der Waals surface area contributed by atoms with E-state index in [1.807, 2.05) is 13.8 Å². The summed E-state index contributed by atoms with van der Waals surface area (Å²) >= 11 is 0. The number of carbonyl (C=O) groups excluding carboxylic acids is 1. The Balaban J connectivity index is 2.33. The molecule has 0 aliphatic carbocycles. The molecular formula is C9H16N2O. The average Bonchev–Trinajstić information content (AvgIpc) is 1.95. The van der Waals surface area contributed by atoms with E-state index in [9.17, 15) is 4.79 Å². The van der Waals surface area contributed by atoms with Gasteiger partial charge in [0.2, 0.25) is 5.91 Å². The van der Waals surface area contributed by atoms with Crippen molar-refractivity contribution in [1.29, 1.82) is 0 Å². The minimum atomic E-state index is -0.185. The Morgan fingerprint density at radius 3 is 2.58 bits per heavy atom. The Morgan fingerprint density at radius 1 is 1.67 bits per heavy atom. The number of nitrogens with one attached hydrogen (secondary N) is 2. The Kier molecular flexibility index (Phi) is 2.52. The molecule has 0 atom stereocenters. The summed E-state index contributed by atoms with van der Waals surface area (Å²) in [5, 5.41) is 5.93. The average molecular weight is 168 g/mol. The van der Waals surface area contributed by atoms with Crippen molar-refractivity contribution in [3.8, 4) is 0 Å². The molecule has 0 radical (unpaired) electrons. The third kappa shape index (κ3) is 1.85. The minimum absolute atomic E-state index is 0.129. The first kappa shape index (κ1) is 9.26. The maximum Gasteiger partial charge on any atom is 0.228 e. The van der Waals surface area contributed by atoms with E-state index in [-0.39, 0.29) is 11.3 Å². The van der Waals surface area contributed by atoms with E-state index in [2.05, 4.69) is 17.2 Å². The van der Waals surface area contributed by atoms with Gasteiger partial charge >= 0.3 is 0 Å². The van der Waals surface area contributed by atoms with Gasteiger partial charge in [-0.25, -0.2) is 0 Å². The van der Waals surface area contributed by atoms with Gasteiger partial charge in [0, 0.05) is 19.6 Å². The molecule has 68 valence electrons. The fraction of sp³-hybridized carbons (Fsp3) is 0.667. The Hall–Kier alpha value is -0.830. The highest BCUT2D eigenvalue weighted by Crippen LogP contribution is 2.20. The highest BCUT2D eigenvalue weighted by atomic mass is 16.2. The summed E-state index contributed by atoms with van der Waals surface area (Å²) in [6.45, 7) is 9.76. The first-order chi connectivity index (χ1) is 5.54. The highest BCUT2D eigenvalue weighted by Gasteiger charge is 2.38. The molecule has 0 spiro atoms. The Bertz CT molecular complexity index is 207. The fourth-order valence-corrected chi connectivity index (χ4v) is 1.11. The van der Waals surface area contributed by atoms with Crippen molar-refractivity contribution in [2.75, 3.05) is 19.6 Å². The van der Waals surface area contributed by atoms with Crippen LogP contribution in [0.25, 0.3) is 0 Å². The van der Waals surface area contributed by atoms with Gasteiger partial charge in [0.1, 0.15) is 0 Å². The number of rotatable bonds is 3. The molecule has 0 unspecified atom stereocenters. The number of carbonyl (C=O) groups is 1. The predicted octanol–water partition coefficient (Wildman–Crippen LogP) is 0.288. The summed E-state index contributed by atoms with van der Waals surface area (Å²) in [6, 6.07) is 0. The van der Waals surface area contributed by atoms with Gasteiger partial charge in [0.05, 0.1) is 5.41 Å². The lowest BCUT2D eigenvalue weighted by atomic mass is 9.83. The molecule has 3 nitrogen and oxygen atoms in total. The summed E-state index contributed by atoms with van der Waals surface area (Å²) in [5.74, 6) is 0.129. The van der Waals surface area contributed by atoms with Crippen LogP contribution in [0.4, 0.5) is 0 Å². The second-order valence-electron chi connectivity index (χ2n) is 3.80. The van der Waals surface area contributed by atoms with Gasteiger partial charge in [-0.2, -0.15) is 0 Å². The van der Waals surface area contributed by atoms with Crippen molar-refractivity contribution < 1.29 is 4.79 Å². The molecule has 0 aromatic rings. The van der Waals surface area contributed by atoms with Crippen LogP contribution in [-0.2, 0) is 4.79 Å². The van der Waals surface area contributed by atoms with Crippen molar-refractivity contribution in [2.24, 2.45) is 5.41 Å². The standard InChI is InChI=1S/C9H16N2O/c1-7(2)4-11-8(12)9(3)5-10-6-9/h10H,1,4-6H2,2-3H3,(H,11,12). The van der Waals surface area contributed by atoms with Gasteiger partial charge in [0.25, 0.3) is 0 Å². The maximum atomic E-state index is 11.5. The second kappa shape index (κ2) is 3.27. The molecule has 0 aromatic carbocycles. The first-order valence-corrected chi connectivity index (χ1v) is 4.18. The quantitative estimate of drug-likeness (QED) is 0.595. The van der Waals surface area contributed by atoms with Crippen molar-refractivity contribution in [1.82, 2.24) is 10.6 Å². The molecule has 1 rings (SSSR count). The number of amides is 1. The summed E-state index contributed by atoms with van der Waals surface area (Å²) < 4.78 is 0. The third-order valence-electron chi connectivity index (χ3n) is 2.13. The molecule has 12 heavy (non-hydrogen) atoms. The van der Waals surface area contributed by atoms with Gasteiger partial charge in [0.15, 0.2) is 0 Å². The van der Waals surface area contributed by atoms with Gasteiger partial charge < -0.3 is 10.6 Å². The summed E-state index contributed by atoms with van der Waals surface area (Å²) in [6.07, 6.45) is 0. The molecule has 0 aromatic heterocycles. The third-order valence-corrected chi connectivity index (χ3v) is 2.13. The molecule has 1 saturated heterocycles. The van der Waals surface area contributed by atoms with Gasteiger partial charge in [-0.1, -0.05) is 12.2 Å². The smallest absolute Gasteiger partial charge is 0.228 e. The molecular weight excluding hydrogens is 152 g/mol. The van der Waals surface area contributed by atoms with Crippen LogP contribution in [0.5, 0.6) is 0 Å². The Morgan fingerprint density at radius 2 is 2.25 bits per heavy atom. The number of hydrogen-bond donors (Lipinski definition) is 2. The van der Waals surface area contributed by atoms with Crippen LogP contribution >= 0.6 is 0 Å². The van der Waals surface area contributed by atoms with Crippen LogP contribution in [0, 0.1) is 5.41 Å². The first-order valence-electron chi connectivity index (χ1n) is 4.18. The van der Waals surface area contributed by atoms with E-state index >= 15 is 0 Å². The van der Waals surface area contributed by atoms with Crippen LogP contribution in [0.1, 0.15) is 13.8 Å². The maximum absolute atomic E-state index is 11.5. The van der Waals surface area contributed by atoms with E-state index in [1.54, 1.807) is 0 Å². The van der Waals surface area contributed by atoms with Gasteiger partial charge in [-0.05, 0) is 13.8 Å². The Labute approximate surface area is 73.2 Å². The van der Waals surface area contributed by atoms with Crippen LogP contribution in [0.15, 0.2) is 12.2 Å². The molecule has 1 fully saturated rings. The highest BCUT2D eigenvalue weighted by molar-refractivity contribution is 5.83. The SMILES string of the molecule is C=C(C)CNC(=O)C1(C)CNC1. The van der Waals surface area contributed by atoms with Crippen LogP contribution in [-0.4, -0.2) is 25.5 Å². The molecule has 1 heterocycles. The lowest BCUT2D eigenvalue weighted by Crippen LogP contribution is -2.59. The molecule has 1 aliphatic heterocycles. The molecule has 0 bridgehead atoms. The summed E-state index contributed by atoms with van der Waals surface area (Å²) in [4.78, 5) is 11.5. The zero-order valence-corrected chi connectivity index (χ0v) is 7.74.